The summed E-state index contributed by atoms with van der Waals surface area (Å²) in [5.74, 6) is -1.42. The van der Waals surface area contributed by atoms with Crippen LogP contribution in [-0.2, 0) is 34.0 Å². The van der Waals surface area contributed by atoms with E-state index in [0.717, 1.165) is 41.7 Å². The zero-order valence-corrected chi connectivity index (χ0v) is 17.4. The van der Waals surface area contributed by atoms with Gasteiger partial charge in [0.05, 0.1) is 24.1 Å². The lowest BCUT2D eigenvalue weighted by Gasteiger charge is -2.22. The Hall–Kier alpha value is -3.18. The summed E-state index contributed by atoms with van der Waals surface area (Å²) < 4.78 is 89.7. The molecule has 3 aromatic rings. The van der Waals surface area contributed by atoms with Crippen LogP contribution < -0.4 is 0 Å². The van der Waals surface area contributed by atoms with Gasteiger partial charge in [-0.3, -0.25) is 0 Å². The standard InChI is InChI=1S/C21H17F4NO5S/c1-30-20(27)19-10-9-17(31-19)13-26(12-14-5-7-16(22)8-6-14)32(28,29)18-4-2-3-15(11-18)21(23,24)25/h2-11H,12-13H2,1H3. The number of halogens is 4. The molecular weight excluding hydrogens is 454 g/mol. The molecule has 2 aromatic carbocycles. The zero-order valence-electron chi connectivity index (χ0n) is 16.6. The molecule has 0 aliphatic heterocycles. The van der Waals surface area contributed by atoms with Crippen molar-refractivity contribution in [3.05, 3.63) is 89.1 Å². The fraction of sp³-hybridized carbons (Fsp3) is 0.190. The first-order valence-corrected chi connectivity index (χ1v) is 10.5. The van der Waals surface area contributed by atoms with Gasteiger partial charge in [-0.1, -0.05) is 18.2 Å². The summed E-state index contributed by atoms with van der Waals surface area (Å²) in [4.78, 5) is 11.0. The maximum absolute atomic E-state index is 13.2. The van der Waals surface area contributed by atoms with E-state index in [-0.39, 0.29) is 18.1 Å². The molecule has 0 N–H and O–H groups in total. The maximum atomic E-state index is 13.2. The van der Waals surface area contributed by atoms with E-state index in [1.54, 1.807) is 0 Å². The van der Waals surface area contributed by atoms with Crippen LogP contribution in [0.5, 0.6) is 0 Å². The summed E-state index contributed by atoms with van der Waals surface area (Å²) in [5.41, 5.74) is -0.729. The van der Waals surface area contributed by atoms with E-state index in [4.69, 9.17) is 4.42 Å². The number of hydrogen-bond donors (Lipinski definition) is 0. The van der Waals surface area contributed by atoms with Gasteiger partial charge in [-0.15, -0.1) is 0 Å². The van der Waals surface area contributed by atoms with Crippen LogP contribution in [0.2, 0.25) is 0 Å². The third-order valence-electron chi connectivity index (χ3n) is 4.45. The van der Waals surface area contributed by atoms with Gasteiger partial charge in [0.15, 0.2) is 0 Å². The number of hydrogen-bond acceptors (Lipinski definition) is 5. The Bertz CT molecular complexity index is 1200. The number of nitrogens with zero attached hydrogens (tertiary/aromatic N) is 1. The molecule has 0 atom stereocenters. The van der Waals surface area contributed by atoms with E-state index >= 15 is 0 Å². The van der Waals surface area contributed by atoms with Crippen LogP contribution in [0.1, 0.15) is 27.4 Å². The van der Waals surface area contributed by atoms with Crippen LogP contribution >= 0.6 is 0 Å². The van der Waals surface area contributed by atoms with E-state index in [1.165, 1.54) is 24.3 Å². The highest BCUT2D eigenvalue weighted by molar-refractivity contribution is 7.89. The van der Waals surface area contributed by atoms with Crippen LogP contribution in [0.15, 0.2) is 70.0 Å². The highest BCUT2D eigenvalue weighted by Crippen LogP contribution is 2.32. The second-order valence-electron chi connectivity index (χ2n) is 6.68. The van der Waals surface area contributed by atoms with Crippen molar-refractivity contribution in [1.29, 1.82) is 0 Å². The highest BCUT2D eigenvalue weighted by atomic mass is 32.2. The normalized spacial score (nSPS) is 12.2. The topological polar surface area (TPSA) is 76.8 Å². The number of sulfonamides is 1. The fourth-order valence-electron chi connectivity index (χ4n) is 2.85. The predicted octanol–water partition coefficient (Wildman–Crippen LogP) is 4.62. The number of furan rings is 1. The third-order valence-corrected chi connectivity index (χ3v) is 6.24. The minimum Gasteiger partial charge on any atom is -0.463 e. The van der Waals surface area contributed by atoms with Crippen LogP contribution in [-0.4, -0.2) is 25.8 Å². The molecule has 11 heteroatoms. The van der Waals surface area contributed by atoms with Gasteiger partial charge in [0.25, 0.3) is 0 Å². The molecule has 0 unspecified atom stereocenters. The lowest BCUT2D eigenvalue weighted by atomic mass is 10.2. The van der Waals surface area contributed by atoms with Crippen LogP contribution in [0, 0.1) is 5.82 Å². The first kappa shape index (κ1) is 23.5. The molecule has 32 heavy (non-hydrogen) atoms. The van der Waals surface area contributed by atoms with Gasteiger partial charge in [0, 0.05) is 6.54 Å². The summed E-state index contributed by atoms with van der Waals surface area (Å²) in [6.07, 6.45) is -4.73. The molecule has 1 aromatic heterocycles. The lowest BCUT2D eigenvalue weighted by molar-refractivity contribution is -0.137. The fourth-order valence-corrected chi connectivity index (χ4v) is 4.29. The maximum Gasteiger partial charge on any atom is 0.416 e. The van der Waals surface area contributed by atoms with Crippen molar-refractivity contribution in [3.63, 3.8) is 0 Å². The second-order valence-corrected chi connectivity index (χ2v) is 8.62. The molecule has 0 fully saturated rings. The van der Waals surface area contributed by atoms with Crippen molar-refractivity contribution in [3.8, 4) is 0 Å². The number of rotatable bonds is 7. The number of esters is 1. The molecular formula is C21H17F4NO5S. The van der Waals surface area contributed by atoms with Crippen LogP contribution in [0.25, 0.3) is 0 Å². The molecule has 0 saturated heterocycles. The van der Waals surface area contributed by atoms with Crippen LogP contribution in [0.4, 0.5) is 17.6 Å². The Labute approximate surface area is 181 Å². The van der Waals surface area contributed by atoms with Gasteiger partial charge in [0.2, 0.25) is 15.8 Å². The smallest absolute Gasteiger partial charge is 0.416 e. The summed E-state index contributed by atoms with van der Waals surface area (Å²) in [7, 11) is -3.30. The Morgan fingerprint density at radius 3 is 2.34 bits per heavy atom. The van der Waals surface area contributed by atoms with E-state index in [2.05, 4.69) is 4.74 Å². The molecule has 1 heterocycles. The Morgan fingerprint density at radius 1 is 1.03 bits per heavy atom. The molecule has 0 spiro atoms. The van der Waals surface area contributed by atoms with Crippen molar-refractivity contribution in [2.75, 3.05) is 7.11 Å². The SMILES string of the molecule is COC(=O)c1ccc(CN(Cc2ccc(F)cc2)S(=O)(=O)c2cccc(C(F)(F)F)c2)o1. The monoisotopic (exact) mass is 471 g/mol. The summed E-state index contributed by atoms with van der Waals surface area (Å²) >= 11 is 0. The van der Waals surface area contributed by atoms with E-state index in [9.17, 15) is 30.8 Å². The van der Waals surface area contributed by atoms with Crippen molar-refractivity contribution in [2.45, 2.75) is 24.2 Å². The number of methoxy groups -OCH3 is 1. The van der Waals surface area contributed by atoms with Crippen molar-refractivity contribution in [2.24, 2.45) is 0 Å². The number of benzene rings is 2. The van der Waals surface area contributed by atoms with Crippen molar-refractivity contribution >= 4 is 16.0 Å². The first-order chi connectivity index (χ1) is 15.0. The third kappa shape index (κ3) is 5.35. The lowest BCUT2D eigenvalue weighted by Crippen LogP contribution is -2.30. The molecule has 0 saturated carbocycles. The average molecular weight is 471 g/mol. The summed E-state index contributed by atoms with van der Waals surface area (Å²) in [6.45, 7) is -0.680. The van der Waals surface area contributed by atoms with Crippen LogP contribution in [0.3, 0.4) is 0 Å². The molecule has 0 aliphatic carbocycles. The van der Waals surface area contributed by atoms with E-state index in [0.29, 0.717) is 11.6 Å². The zero-order chi connectivity index (χ0) is 23.5. The number of carbonyl (C=O) groups excluding carboxylic acids is 1. The molecule has 170 valence electrons. The van der Waals surface area contributed by atoms with Crippen molar-refractivity contribution < 1.29 is 39.9 Å². The van der Waals surface area contributed by atoms with E-state index in [1.807, 2.05) is 0 Å². The van der Waals surface area contributed by atoms with E-state index < -0.39 is 45.0 Å². The molecule has 3 rings (SSSR count). The molecule has 0 radical (unpaired) electrons. The molecule has 0 aliphatic rings. The minimum absolute atomic E-state index is 0.0584. The van der Waals surface area contributed by atoms with Gasteiger partial charge in [-0.25, -0.2) is 17.6 Å². The largest absolute Gasteiger partial charge is 0.463 e. The van der Waals surface area contributed by atoms with Crippen molar-refractivity contribution in [1.82, 2.24) is 4.31 Å². The first-order valence-electron chi connectivity index (χ1n) is 9.09. The Kier molecular flexibility index (Phi) is 6.70. The minimum atomic E-state index is -4.73. The molecule has 0 amide bonds. The average Bonchev–Trinajstić information content (AvgIpc) is 3.22. The van der Waals surface area contributed by atoms with Gasteiger partial charge >= 0.3 is 12.1 Å². The molecule has 0 bridgehead atoms. The highest BCUT2D eigenvalue weighted by Gasteiger charge is 2.33. The number of ether oxygens (including phenoxy) is 1. The number of alkyl halides is 3. The molecule has 6 nitrogen and oxygen atoms in total. The number of carbonyl (C=O) groups is 1. The Balaban J connectivity index is 1.99. The van der Waals surface area contributed by atoms with Gasteiger partial charge in [-0.05, 0) is 48.0 Å². The Morgan fingerprint density at radius 2 is 1.72 bits per heavy atom. The van der Waals surface area contributed by atoms with Gasteiger partial charge in [-0.2, -0.15) is 17.5 Å². The summed E-state index contributed by atoms with van der Waals surface area (Å²) in [5, 5.41) is 0. The second kappa shape index (κ2) is 9.13. The van der Waals surface area contributed by atoms with Gasteiger partial charge < -0.3 is 9.15 Å². The summed E-state index contributed by atoms with van der Waals surface area (Å²) in [6, 6.07) is 10.9. The predicted molar refractivity (Wildman–Crippen MR) is 104 cm³/mol. The quantitative estimate of drug-likeness (QED) is 0.371. The van der Waals surface area contributed by atoms with Gasteiger partial charge in [0.1, 0.15) is 11.6 Å².